The molecule has 58 valence electrons. The molecule has 0 unspecified atom stereocenters. The van der Waals surface area contributed by atoms with E-state index in [0.29, 0.717) is 5.92 Å². The molecule has 1 rings (SSSR count). The maximum atomic E-state index is 9.37. The maximum absolute atomic E-state index is 9.37. The Balaban J connectivity index is 2.54. The van der Waals surface area contributed by atoms with Gasteiger partial charge in [-0.25, -0.2) is 0 Å². The van der Waals surface area contributed by atoms with E-state index in [1.54, 1.807) is 0 Å². The fourth-order valence-electron chi connectivity index (χ4n) is 1.47. The molecule has 1 heteroatoms. The van der Waals surface area contributed by atoms with Gasteiger partial charge in [0.25, 0.3) is 0 Å². The van der Waals surface area contributed by atoms with Crippen LogP contribution in [0.25, 0.3) is 0 Å². The summed E-state index contributed by atoms with van der Waals surface area (Å²) in [6.07, 6.45) is 5.32. The lowest BCUT2D eigenvalue weighted by Gasteiger charge is -2.04. The highest BCUT2D eigenvalue weighted by Gasteiger charge is 2.17. The second-order valence-electron chi connectivity index (χ2n) is 3.39. The van der Waals surface area contributed by atoms with E-state index in [9.17, 15) is 5.11 Å². The molecule has 0 radical (unpaired) electrons. The highest BCUT2D eigenvalue weighted by Crippen LogP contribution is 2.25. The Morgan fingerprint density at radius 3 is 2.70 bits per heavy atom. The summed E-state index contributed by atoms with van der Waals surface area (Å²) in [6.45, 7) is 4.30. The van der Waals surface area contributed by atoms with Crippen molar-refractivity contribution in [3.05, 3.63) is 11.6 Å². The third-order valence-electron chi connectivity index (χ3n) is 1.92. The van der Waals surface area contributed by atoms with Gasteiger partial charge in [0.15, 0.2) is 0 Å². The number of hydrogen-bond donors (Lipinski definition) is 1. The van der Waals surface area contributed by atoms with Gasteiger partial charge in [-0.05, 0) is 30.8 Å². The van der Waals surface area contributed by atoms with Gasteiger partial charge < -0.3 is 5.11 Å². The summed E-state index contributed by atoms with van der Waals surface area (Å²) in [5, 5.41) is 9.37. The Morgan fingerprint density at radius 2 is 2.30 bits per heavy atom. The molecule has 10 heavy (non-hydrogen) atoms. The third-order valence-corrected chi connectivity index (χ3v) is 1.92. The maximum Gasteiger partial charge on any atom is 0.0750 e. The van der Waals surface area contributed by atoms with Crippen molar-refractivity contribution in [3.63, 3.8) is 0 Å². The average molecular weight is 140 g/mol. The second kappa shape index (κ2) is 3.20. The van der Waals surface area contributed by atoms with Gasteiger partial charge in [-0.3, -0.25) is 0 Å². The zero-order valence-electron chi connectivity index (χ0n) is 6.80. The number of rotatable bonds is 1. The van der Waals surface area contributed by atoms with Crippen molar-refractivity contribution < 1.29 is 5.11 Å². The quantitative estimate of drug-likeness (QED) is 0.553. The fourth-order valence-corrected chi connectivity index (χ4v) is 1.47. The second-order valence-corrected chi connectivity index (χ2v) is 3.39. The van der Waals surface area contributed by atoms with Gasteiger partial charge in [-0.15, -0.1) is 0 Å². The number of allylic oxidation sites excluding steroid dienone is 1. The van der Waals surface area contributed by atoms with E-state index in [4.69, 9.17) is 0 Å². The van der Waals surface area contributed by atoms with Gasteiger partial charge in [0.2, 0.25) is 0 Å². The Labute approximate surface area is 62.8 Å². The third kappa shape index (κ3) is 1.84. The molecule has 1 N–H and O–H groups in total. The minimum absolute atomic E-state index is 0.123. The SMILES string of the molecule is CC(C)C=C1CCC[C@@H]1O. The van der Waals surface area contributed by atoms with Crippen LogP contribution in [0.2, 0.25) is 0 Å². The zero-order chi connectivity index (χ0) is 7.56. The van der Waals surface area contributed by atoms with E-state index in [1.165, 1.54) is 12.0 Å². The summed E-state index contributed by atoms with van der Waals surface area (Å²) in [4.78, 5) is 0. The number of aliphatic hydroxyl groups is 1. The highest BCUT2D eigenvalue weighted by molar-refractivity contribution is 5.12. The number of aliphatic hydroxyl groups excluding tert-OH is 1. The van der Waals surface area contributed by atoms with Crippen LogP contribution in [0.5, 0.6) is 0 Å². The molecule has 0 aliphatic heterocycles. The van der Waals surface area contributed by atoms with Gasteiger partial charge in [-0.2, -0.15) is 0 Å². The van der Waals surface area contributed by atoms with Crippen LogP contribution in [0.4, 0.5) is 0 Å². The minimum Gasteiger partial charge on any atom is -0.389 e. The van der Waals surface area contributed by atoms with Crippen molar-refractivity contribution in [2.45, 2.75) is 39.2 Å². The van der Waals surface area contributed by atoms with E-state index in [2.05, 4.69) is 19.9 Å². The molecule has 1 fully saturated rings. The molecule has 1 atom stereocenters. The van der Waals surface area contributed by atoms with Crippen LogP contribution in [0, 0.1) is 5.92 Å². The van der Waals surface area contributed by atoms with Crippen LogP contribution >= 0.6 is 0 Å². The minimum atomic E-state index is -0.123. The summed E-state index contributed by atoms with van der Waals surface area (Å²) in [5.41, 5.74) is 1.26. The van der Waals surface area contributed by atoms with E-state index in [0.717, 1.165) is 12.8 Å². The lowest BCUT2D eigenvalue weighted by atomic mass is 10.1. The summed E-state index contributed by atoms with van der Waals surface area (Å²) in [6, 6.07) is 0. The molecule has 1 saturated carbocycles. The molecule has 0 spiro atoms. The van der Waals surface area contributed by atoms with Gasteiger partial charge in [0.1, 0.15) is 0 Å². The fraction of sp³-hybridized carbons (Fsp3) is 0.778. The smallest absolute Gasteiger partial charge is 0.0750 e. The molecular weight excluding hydrogens is 124 g/mol. The predicted molar refractivity (Wildman–Crippen MR) is 42.8 cm³/mol. The lowest BCUT2D eigenvalue weighted by molar-refractivity contribution is 0.217. The first-order chi connectivity index (χ1) is 4.70. The van der Waals surface area contributed by atoms with Gasteiger partial charge >= 0.3 is 0 Å². The van der Waals surface area contributed by atoms with Gasteiger partial charge in [0.05, 0.1) is 6.10 Å². The Hall–Kier alpha value is -0.300. The largest absolute Gasteiger partial charge is 0.389 e. The molecule has 0 amide bonds. The van der Waals surface area contributed by atoms with Crippen LogP contribution in [-0.4, -0.2) is 11.2 Å². The molecule has 1 aliphatic carbocycles. The summed E-state index contributed by atoms with van der Waals surface area (Å²) < 4.78 is 0. The van der Waals surface area contributed by atoms with Crippen molar-refractivity contribution in [2.75, 3.05) is 0 Å². The molecule has 1 aliphatic rings. The van der Waals surface area contributed by atoms with Crippen molar-refractivity contribution in [3.8, 4) is 0 Å². The van der Waals surface area contributed by atoms with Gasteiger partial charge in [0, 0.05) is 0 Å². The van der Waals surface area contributed by atoms with E-state index >= 15 is 0 Å². The van der Waals surface area contributed by atoms with Crippen molar-refractivity contribution in [1.29, 1.82) is 0 Å². The Morgan fingerprint density at radius 1 is 1.60 bits per heavy atom. The predicted octanol–water partition coefficient (Wildman–Crippen LogP) is 2.11. The summed E-state index contributed by atoms with van der Waals surface area (Å²) >= 11 is 0. The number of hydrogen-bond acceptors (Lipinski definition) is 1. The van der Waals surface area contributed by atoms with E-state index in [-0.39, 0.29) is 6.10 Å². The van der Waals surface area contributed by atoms with Crippen molar-refractivity contribution in [2.24, 2.45) is 5.92 Å². The van der Waals surface area contributed by atoms with E-state index in [1.807, 2.05) is 0 Å². The van der Waals surface area contributed by atoms with E-state index < -0.39 is 0 Å². The first-order valence-electron chi connectivity index (χ1n) is 4.09. The lowest BCUT2D eigenvalue weighted by Crippen LogP contribution is -2.02. The first-order valence-corrected chi connectivity index (χ1v) is 4.09. The molecule has 0 heterocycles. The summed E-state index contributed by atoms with van der Waals surface area (Å²) in [5.74, 6) is 0.586. The van der Waals surface area contributed by atoms with Crippen LogP contribution in [0.15, 0.2) is 11.6 Å². The molecule has 0 aromatic heterocycles. The first kappa shape index (κ1) is 7.80. The topological polar surface area (TPSA) is 20.2 Å². The van der Waals surface area contributed by atoms with Crippen LogP contribution in [0.3, 0.4) is 0 Å². The van der Waals surface area contributed by atoms with Crippen LogP contribution in [-0.2, 0) is 0 Å². The highest BCUT2D eigenvalue weighted by atomic mass is 16.3. The Kier molecular flexibility index (Phi) is 2.50. The average Bonchev–Trinajstić information content (AvgIpc) is 2.15. The molecular formula is C9H16O. The Bertz CT molecular complexity index is 136. The standard InChI is InChI=1S/C9H16O/c1-7(2)6-8-4-3-5-9(8)10/h6-7,9-10H,3-5H2,1-2H3/t9-/m0/s1. The molecule has 0 aromatic carbocycles. The molecule has 0 bridgehead atoms. The molecule has 0 saturated heterocycles. The normalized spacial score (nSPS) is 30.4. The van der Waals surface area contributed by atoms with Gasteiger partial charge in [-0.1, -0.05) is 19.9 Å². The summed E-state index contributed by atoms with van der Waals surface area (Å²) in [7, 11) is 0. The molecule has 1 nitrogen and oxygen atoms in total. The van der Waals surface area contributed by atoms with Crippen LogP contribution in [0.1, 0.15) is 33.1 Å². The van der Waals surface area contributed by atoms with Crippen molar-refractivity contribution in [1.82, 2.24) is 0 Å². The van der Waals surface area contributed by atoms with Crippen LogP contribution < -0.4 is 0 Å². The zero-order valence-corrected chi connectivity index (χ0v) is 6.80. The monoisotopic (exact) mass is 140 g/mol. The molecule has 0 aromatic rings. The van der Waals surface area contributed by atoms with Crippen molar-refractivity contribution >= 4 is 0 Å².